The van der Waals surface area contributed by atoms with Crippen LogP contribution in [0, 0.1) is 0 Å². The van der Waals surface area contributed by atoms with Crippen molar-refractivity contribution in [2.24, 2.45) is 0 Å². The fourth-order valence-electron chi connectivity index (χ4n) is 2.83. The molecule has 3 heterocycles. The van der Waals surface area contributed by atoms with Gasteiger partial charge in [0.2, 0.25) is 0 Å². The molecule has 0 aromatic carbocycles. The molecule has 1 unspecified atom stereocenters. The molecule has 13 nitrogen and oxygen atoms in total. The number of carbonyl (C=O) groups is 3. The first kappa shape index (κ1) is 21.0. The number of nitrogens with zero attached hydrogens (tertiary/aromatic N) is 4. The Morgan fingerprint density at radius 1 is 1.48 bits per heavy atom. The number of fused-ring (bicyclic) bond motifs is 2. The smallest absolute Gasteiger partial charge is 0.316 e. The van der Waals surface area contributed by atoms with Gasteiger partial charge in [-0.25, -0.2) is 15.0 Å². The molecule has 2 aliphatic rings. The van der Waals surface area contributed by atoms with E-state index in [4.69, 9.17) is 9.39 Å². The summed E-state index contributed by atoms with van der Waals surface area (Å²) in [6, 6.07) is -0.0230. The molecule has 1 saturated heterocycles. The van der Waals surface area contributed by atoms with Crippen molar-refractivity contribution in [3.63, 3.8) is 0 Å². The van der Waals surface area contributed by atoms with Gasteiger partial charge in [0.25, 0.3) is 5.91 Å². The van der Waals surface area contributed by atoms with Crippen LogP contribution >= 0.6 is 0 Å². The number of aromatic nitrogens is 2. The van der Waals surface area contributed by atoms with Crippen molar-refractivity contribution in [3.05, 3.63) is 24.0 Å². The van der Waals surface area contributed by atoms with E-state index in [1.165, 1.54) is 29.1 Å². The zero-order chi connectivity index (χ0) is 21.0. The first-order valence-electron chi connectivity index (χ1n) is 8.49. The van der Waals surface area contributed by atoms with Gasteiger partial charge in [-0.15, -0.1) is 4.28 Å². The molecule has 1 radical (unpaired) electrons. The average molecular weight is 426 g/mol. The van der Waals surface area contributed by atoms with E-state index in [9.17, 15) is 22.8 Å². The lowest BCUT2D eigenvalue weighted by Gasteiger charge is -2.20. The van der Waals surface area contributed by atoms with Gasteiger partial charge in [-0.1, -0.05) is 6.32 Å². The van der Waals surface area contributed by atoms with E-state index in [-0.39, 0.29) is 25.4 Å². The van der Waals surface area contributed by atoms with Crippen molar-refractivity contribution < 1.29 is 36.5 Å². The van der Waals surface area contributed by atoms with E-state index < -0.39 is 28.4 Å². The number of hydrogen-bond acceptors (Lipinski definition) is 8. The molecule has 0 spiro atoms. The van der Waals surface area contributed by atoms with Crippen LogP contribution < -0.4 is 5.48 Å². The Morgan fingerprint density at radius 2 is 2.28 bits per heavy atom. The highest BCUT2D eigenvalue weighted by Gasteiger charge is 2.43. The van der Waals surface area contributed by atoms with E-state index in [2.05, 4.69) is 14.9 Å². The van der Waals surface area contributed by atoms with E-state index in [0.29, 0.717) is 29.7 Å². The summed E-state index contributed by atoms with van der Waals surface area (Å²) >= 11 is 0. The highest BCUT2D eigenvalue weighted by molar-refractivity contribution is 7.80. The summed E-state index contributed by atoms with van der Waals surface area (Å²) in [4.78, 5) is 40.7. The molecule has 3 rings (SSSR count). The highest BCUT2D eigenvalue weighted by Crippen LogP contribution is 2.27. The van der Waals surface area contributed by atoms with E-state index in [0.717, 1.165) is 0 Å². The molecule has 2 bridgehead atoms. The van der Waals surface area contributed by atoms with Gasteiger partial charge >= 0.3 is 16.4 Å². The molecule has 1 atom stereocenters. The summed E-state index contributed by atoms with van der Waals surface area (Å²) < 4.78 is 36.4. The van der Waals surface area contributed by atoms with Crippen molar-refractivity contribution >= 4 is 41.5 Å². The van der Waals surface area contributed by atoms with Gasteiger partial charge in [0, 0.05) is 12.7 Å². The van der Waals surface area contributed by atoms with Crippen molar-refractivity contribution in [3.8, 4) is 0 Å². The molecule has 2 N–H and O–H groups in total. The largest absolute Gasteiger partial charge is 0.418 e. The molecule has 3 amide bonds. The third-order valence-electron chi connectivity index (χ3n) is 4.07. The van der Waals surface area contributed by atoms with Crippen LogP contribution in [0.25, 0.3) is 5.70 Å². The predicted molar refractivity (Wildman–Crippen MR) is 97.1 cm³/mol. The van der Waals surface area contributed by atoms with Crippen LogP contribution in [0.1, 0.15) is 16.9 Å². The fraction of sp³-hybridized carbons (Fsp3) is 0.429. The summed E-state index contributed by atoms with van der Waals surface area (Å²) in [5.41, 5.74) is 2.82. The maximum Gasteiger partial charge on any atom is 0.418 e. The van der Waals surface area contributed by atoms with Gasteiger partial charge < -0.3 is 9.69 Å². The number of urea groups is 1. The Morgan fingerprint density at radius 3 is 3.00 bits per heavy atom. The number of hydrogen-bond donors (Lipinski definition) is 2. The lowest BCUT2D eigenvalue weighted by molar-refractivity contribution is -0.0183. The third-order valence-corrected chi connectivity index (χ3v) is 4.42. The highest BCUT2D eigenvalue weighted by atomic mass is 32.3. The average Bonchev–Trinajstić information content (AvgIpc) is 3.24. The Kier molecular flexibility index (Phi) is 6.31. The maximum atomic E-state index is 12.2. The monoisotopic (exact) mass is 426 g/mol. The molecule has 1 aromatic heterocycles. The molecular weight excluding hydrogens is 409 g/mol. The molecule has 1 fully saturated rings. The number of hydroxylamine groups is 3. The van der Waals surface area contributed by atoms with Crippen molar-refractivity contribution in [1.29, 1.82) is 0 Å². The first-order valence-corrected chi connectivity index (χ1v) is 9.86. The summed E-state index contributed by atoms with van der Waals surface area (Å²) in [5, 5.41) is 4.69. The molecular formula is C14H17BN5O8S. The number of nitrogens with one attached hydrogen (secondary N) is 1. The van der Waals surface area contributed by atoms with Gasteiger partial charge in [0.15, 0.2) is 13.0 Å². The number of amides is 3. The topological polar surface area (TPSA) is 160 Å². The SMILES string of the molecule is O=C[B]CCCONC(=O)c1ccn(C2=CC3CN(C2)C(=O)N3OS(=O)(=O)O)n1. The molecule has 1 aromatic rings. The molecule has 15 heteroatoms. The zero-order valence-corrected chi connectivity index (χ0v) is 15.8. The van der Waals surface area contributed by atoms with E-state index in [1.807, 2.05) is 0 Å². The Hall–Kier alpha value is -2.75. The minimum Gasteiger partial charge on any atom is -0.316 e. The number of rotatable bonds is 10. The molecule has 0 saturated carbocycles. The predicted octanol–water partition coefficient (Wildman–Crippen LogP) is -1.06. The summed E-state index contributed by atoms with van der Waals surface area (Å²) in [5.74, 6) is -0.574. The zero-order valence-electron chi connectivity index (χ0n) is 15.0. The van der Waals surface area contributed by atoms with Crippen LogP contribution in [0.15, 0.2) is 18.3 Å². The Balaban J connectivity index is 1.60. The summed E-state index contributed by atoms with van der Waals surface area (Å²) in [6.45, 7) is 0.513. The van der Waals surface area contributed by atoms with Crippen LogP contribution in [-0.4, -0.2) is 83.9 Å². The lowest BCUT2D eigenvalue weighted by atomic mass is 9.76. The van der Waals surface area contributed by atoms with Crippen LogP contribution in [0.4, 0.5) is 4.79 Å². The summed E-state index contributed by atoms with van der Waals surface area (Å²) in [6.07, 6.45) is 4.85. The quantitative estimate of drug-likeness (QED) is 0.156. The molecule has 2 aliphatic heterocycles. The van der Waals surface area contributed by atoms with Crippen LogP contribution in [0.2, 0.25) is 6.32 Å². The molecule has 29 heavy (non-hydrogen) atoms. The fourth-order valence-corrected chi connectivity index (χ4v) is 3.21. The van der Waals surface area contributed by atoms with Gasteiger partial charge in [-0.2, -0.15) is 18.6 Å². The van der Waals surface area contributed by atoms with Gasteiger partial charge in [0.05, 0.1) is 25.0 Å². The molecule has 0 aliphatic carbocycles. The van der Waals surface area contributed by atoms with Crippen molar-refractivity contribution in [2.45, 2.75) is 18.8 Å². The second-order valence-corrected chi connectivity index (χ2v) is 7.16. The first-order chi connectivity index (χ1) is 13.8. The van der Waals surface area contributed by atoms with Crippen molar-refractivity contribution in [1.82, 2.24) is 25.2 Å². The Labute approximate surface area is 166 Å². The third kappa shape index (κ3) is 5.20. The minimum absolute atomic E-state index is 0.0654. The van der Waals surface area contributed by atoms with E-state index >= 15 is 0 Å². The van der Waals surface area contributed by atoms with Gasteiger partial charge in [-0.3, -0.25) is 14.2 Å². The second-order valence-electron chi connectivity index (χ2n) is 6.16. The van der Waals surface area contributed by atoms with Crippen LogP contribution in [0.3, 0.4) is 0 Å². The van der Waals surface area contributed by atoms with Crippen LogP contribution in [-0.2, 0) is 24.3 Å². The minimum atomic E-state index is -4.84. The van der Waals surface area contributed by atoms with Gasteiger partial charge in [-0.05, 0) is 18.6 Å². The normalized spacial score (nSPS) is 18.6. The molecule has 155 valence electrons. The van der Waals surface area contributed by atoms with Crippen molar-refractivity contribution in [2.75, 3.05) is 19.7 Å². The number of carbonyl (C=O) groups excluding carboxylic acids is 3. The van der Waals surface area contributed by atoms with Gasteiger partial charge in [0.1, 0.15) is 6.04 Å². The summed E-state index contributed by atoms with van der Waals surface area (Å²) in [7, 11) is -3.40. The lowest BCUT2D eigenvalue weighted by Crippen LogP contribution is -2.35. The maximum absolute atomic E-state index is 12.2. The second kappa shape index (κ2) is 8.73. The standard InChI is InChI=1S/C14H17BN5O8S/c21-9-15-3-1-5-27-17-13(22)12-2-4-19(16-12)10-6-11-8-18(7-10)14(23)20(11)28-29(24,25)26/h2,4,6,9,11H,1,3,5,7-8H2,(H,17,22)(H,24,25,26). The van der Waals surface area contributed by atoms with Crippen LogP contribution in [0.5, 0.6) is 0 Å². The Bertz CT molecular complexity index is 932. The van der Waals surface area contributed by atoms with E-state index in [1.54, 1.807) is 6.08 Å².